The normalized spacial score (nSPS) is 10.5. The lowest BCUT2D eigenvalue weighted by Gasteiger charge is -2.07. The Morgan fingerprint density at radius 1 is 1.35 bits per heavy atom. The average Bonchev–Trinajstić information content (AvgIpc) is 2.83. The number of carbonyl (C=O) groups excluding carboxylic acids is 1. The topological polar surface area (TPSA) is 59.0 Å². The number of aromatic nitrogens is 2. The molecule has 0 bridgehead atoms. The van der Waals surface area contributed by atoms with Crippen molar-refractivity contribution in [3.8, 4) is 0 Å². The van der Waals surface area contributed by atoms with Gasteiger partial charge in [-0.3, -0.25) is 9.48 Å². The van der Waals surface area contributed by atoms with Crippen molar-refractivity contribution < 1.29 is 4.79 Å². The Morgan fingerprint density at radius 2 is 2.15 bits per heavy atom. The molecule has 1 aromatic carbocycles. The van der Waals surface area contributed by atoms with Crippen molar-refractivity contribution in [3.63, 3.8) is 0 Å². The van der Waals surface area contributed by atoms with Crippen molar-refractivity contribution in [3.05, 3.63) is 47.2 Å². The van der Waals surface area contributed by atoms with Crippen LogP contribution in [0, 0.1) is 0 Å². The van der Waals surface area contributed by atoms with E-state index in [0.717, 1.165) is 12.1 Å². The summed E-state index contributed by atoms with van der Waals surface area (Å²) >= 11 is 5.97. The summed E-state index contributed by atoms with van der Waals surface area (Å²) in [5.41, 5.74) is 1.64. The van der Waals surface area contributed by atoms with E-state index in [4.69, 9.17) is 11.6 Å². The minimum atomic E-state index is -0.112. The van der Waals surface area contributed by atoms with Crippen LogP contribution in [0.4, 0.5) is 5.69 Å². The summed E-state index contributed by atoms with van der Waals surface area (Å²) in [5.74, 6) is -0.112. The van der Waals surface area contributed by atoms with Gasteiger partial charge in [0, 0.05) is 26.2 Å². The zero-order valence-electron chi connectivity index (χ0n) is 11.3. The van der Waals surface area contributed by atoms with Gasteiger partial charge in [-0.05, 0) is 18.2 Å². The van der Waals surface area contributed by atoms with Crippen LogP contribution in [0.1, 0.15) is 5.69 Å². The van der Waals surface area contributed by atoms with Crippen LogP contribution in [-0.4, -0.2) is 28.8 Å². The quantitative estimate of drug-likeness (QED) is 0.799. The van der Waals surface area contributed by atoms with Crippen LogP contribution in [-0.2, 0) is 18.3 Å². The van der Waals surface area contributed by atoms with Crippen LogP contribution >= 0.6 is 11.6 Å². The molecule has 5 nitrogen and oxygen atoms in total. The lowest BCUT2D eigenvalue weighted by molar-refractivity contribution is -0.115. The number of hydrogen-bond acceptors (Lipinski definition) is 3. The highest BCUT2D eigenvalue weighted by molar-refractivity contribution is 6.33. The molecule has 0 spiro atoms. The number of amides is 1. The fourth-order valence-corrected chi connectivity index (χ4v) is 1.95. The first-order valence-corrected chi connectivity index (χ1v) is 6.76. The number of para-hydroxylation sites is 1. The van der Waals surface area contributed by atoms with Crippen LogP contribution in [0.5, 0.6) is 0 Å². The van der Waals surface area contributed by atoms with Gasteiger partial charge in [-0.2, -0.15) is 5.10 Å². The Kier molecular flexibility index (Phi) is 5.15. The summed E-state index contributed by atoms with van der Waals surface area (Å²) in [6.07, 6.45) is 2.69. The van der Waals surface area contributed by atoms with Crippen molar-refractivity contribution in [2.75, 3.05) is 18.4 Å². The molecule has 0 atom stereocenters. The van der Waals surface area contributed by atoms with Crippen LogP contribution in [0.3, 0.4) is 0 Å². The maximum Gasteiger partial charge on any atom is 0.238 e. The lowest BCUT2D eigenvalue weighted by Crippen LogP contribution is -2.29. The Labute approximate surface area is 122 Å². The van der Waals surface area contributed by atoms with E-state index in [0.29, 0.717) is 17.3 Å². The van der Waals surface area contributed by atoms with Gasteiger partial charge in [0.15, 0.2) is 0 Å². The first-order valence-electron chi connectivity index (χ1n) is 6.39. The number of aryl methyl sites for hydroxylation is 1. The van der Waals surface area contributed by atoms with Gasteiger partial charge in [0.2, 0.25) is 5.91 Å². The van der Waals surface area contributed by atoms with Gasteiger partial charge in [-0.1, -0.05) is 23.7 Å². The standard InChI is InChI=1S/C14H17ClN4O/c1-19-9-7-11(18-19)6-8-16-10-14(20)17-13-5-3-2-4-12(13)15/h2-5,7,9,16H,6,8,10H2,1H3,(H,17,20). The summed E-state index contributed by atoms with van der Waals surface area (Å²) in [6.45, 7) is 0.949. The second-order valence-corrected chi connectivity index (χ2v) is 4.84. The van der Waals surface area contributed by atoms with Gasteiger partial charge < -0.3 is 10.6 Å². The molecule has 0 unspecified atom stereocenters. The molecule has 0 saturated heterocycles. The van der Waals surface area contributed by atoms with E-state index in [1.54, 1.807) is 16.8 Å². The van der Waals surface area contributed by atoms with Gasteiger partial charge >= 0.3 is 0 Å². The van der Waals surface area contributed by atoms with Crippen molar-refractivity contribution in [2.45, 2.75) is 6.42 Å². The Hall–Kier alpha value is -1.85. The first-order chi connectivity index (χ1) is 9.65. The molecule has 0 saturated carbocycles. The molecule has 2 aromatic rings. The zero-order valence-corrected chi connectivity index (χ0v) is 12.0. The van der Waals surface area contributed by atoms with Gasteiger partial charge in [-0.25, -0.2) is 0 Å². The smallest absolute Gasteiger partial charge is 0.238 e. The van der Waals surface area contributed by atoms with E-state index in [-0.39, 0.29) is 12.5 Å². The molecule has 0 aliphatic rings. The van der Waals surface area contributed by atoms with Crippen LogP contribution < -0.4 is 10.6 Å². The van der Waals surface area contributed by atoms with Crippen LogP contribution in [0.25, 0.3) is 0 Å². The molecule has 2 rings (SSSR count). The van der Waals surface area contributed by atoms with E-state index in [2.05, 4.69) is 15.7 Å². The number of hydrogen-bond donors (Lipinski definition) is 2. The Bertz CT molecular complexity index is 582. The molecular weight excluding hydrogens is 276 g/mol. The third kappa shape index (κ3) is 4.36. The van der Waals surface area contributed by atoms with Gasteiger partial charge in [-0.15, -0.1) is 0 Å². The second-order valence-electron chi connectivity index (χ2n) is 4.44. The summed E-state index contributed by atoms with van der Waals surface area (Å²) < 4.78 is 1.76. The number of anilines is 1. The molecule has 0 aliphatic carbocycles. The van der Waals surface area contributed by atoms with Gasteiger partial charge in [0.25, 0.3) is 0 Å². The molecule has 106 valence electrons. The fourth-order valence-electron chi connectivity index (χ4n) is 1.77. The predicted molar refractivity (Wildman–Crippen MR) is 79.9 cm³/mol. The monoisotopic (exact) mass is 292 g/mol. The number of rotatable bonds is 6. The molecule has 1 amide bonds. The summed E-state index contributed by atoms with van der Waals surface area (Å²) in [6, 6.07) is 9.13. The number of benzene rings is 1. The van der Waals surface area contributed by atoms with Crippen molar-refractivity contribution >= 4 is 23.2 Å². The number of carbonyl (C=O) groups is 1. The maximum absolute atomic E-state index is 11.7. The molecule has 1 heterocycles. The summed E-state index contributed by atoms with van der Waals surface area (Å²) in [7, 11) is 1.88. The van der Waals surface area contributed by atoms with Crippen molar-refractivity contribution in [1.82, 2.24) is 15.1 Å². The highest BCUT2D eigenvalue weighted by Crippen LogP contribution is 2.19. The number of nitrogens with zero attached hydrogens (tertiary/aromatic N) is 2. The van der Waals surface area contributed by atoms with E-state index >= 15 is 0 Å². The SMILES string of the molecule is Cn1ccc(CCNCC(=O)Nc2ccccc2Cl)n1. The van der Waals surface area contributed by atoms with E-state index in [1.807, 2.05) is 31.4 Å². The van der Waals surface area contributed by atoms with Crippen LogP contribution in [0.2, 0.25) is 5.02 Å². The van der Waals surface area contributed by atoms with E-state index in [9.17, 15) is 4.79 Å². The summed E-state index contributed by atoms with van der Waals surface area (Å²) in [4.78, 5) is 11.7. The van der Waals surface area contributed by atoms with Crippen LogP contribution in [0.15, 0.2) is 36.5 Å². The van der Waals surface area contributed by atoms with Gasteiger partial charge in [0.05, 0.1) is 22.9 Å². The molecule has 2 N–H and O–H groups in total. The molecule has 0 aliphatic heterocycles. The highest BCUT2D eigenvalue weighted by Gasteiger charge is 2.04. The highest BCUT2D eigenvalue weighted by atomic mass is 35.5. The molecule has 6 heteroatoms. The second kappa shape index (κ2) is 7.07. The number of halogens is 1. The first kappa shape index (κ1) is 14.6. The van der Waals surface area contributed by atoms with Gasteiger partial charge in [0.1, 0.15) is 0 Å². The minimum Gasteiger partial charge on any atom is -0.324 e. The minimum absolute atomic E-state index is 0.112. The maximum atomic E-state index is 11.7. The molecular formula is C14H17ClN4O. The Balaban J connectivity index is 1.69. The zero-order chi connectivity index (χ0) is 14.4. The van der Waals surface area contributed by atoms with Crippen molar-refractivity contribution in [1.29, 1.82) is 0 Å². The molecule has 1 aromatic heterocycles. The fraction of sp³-hybridized carbons (Fsp3) is 0.286. The Morgan fingerprint density at radius 3 is 2.85 bits per heavy atom. The molecule has 0 fully saturated rings. The predicted octanol–water partition coefficient (Wildman–Crippen LogP) is 1.84. The average molecular weight is 293 g/mol. The van der Waals surface area contributed by atoms with Crippen molar-refractivity contribution in [2.24, 2.45) is 7.05 Å². The molecule has 0 radical (unpaired) electrons. The third-order valence-corrected chi connectivity index (χ3v) is 3.09. The summed E-state index contributed by atoms with van der Waals surface area (Å²) in [5, 5.41) is 10.6. The largest absolute Gasteiger partial charge is 0.324 e. The lowest BCUT2D eigenvalue weighted by atomic mass is 10.3. The van der Waals surface area contributed by atoms with E-state index < -0.39 is 0 Å². The number of nitrogens with one attached hydrogen (secondary N) is 2. The third-order valence-electron chi connectivity index (χ3n) is 2.76. The van der Waals surface area contributed by atoms with E-state index in [1.165, 1.54) is 0 Å². The molecule has 20 heavy (non-hydrogen) atoms.